The van der Waals surface area contributed by atoms with Crippen molar-refractivity contribution >= 4 is 33.4 Å². The van der Waals surface area contributed by atoms with Crippen LogP contribution in [0.25, 0.3) is 10.2 Å². The van der Waals surface area contributed by atoms with Crippen LogP contribution >= 0.6 is 11.3 Å². The van der Waals surface area contributed by atoms with Crippen LogP contribution in [0.2, 0.25) is 0 Å². The standard InChI is InChI=1S/C17H22N4O2S/c1-20(9-15(22)18-12-7-8-12)11-17(23)21(2)10-16-19-13-5-3-4-6-14(13)24-16/h3-6,12H,7-11H2,1-2H3,(H,18,22). The fourth-order valence-electron chi connectivity index (χ4n) is 2.43. The number of para-hydroxylation sites is 1. The first-order valence-electron chi connectivity index (χ1n) is 8.07. The predicted molar refractivity (Wildman–Crippen MR) is 94.8 cm³/mol. The maximum absolute atomic E-state index is 12.3. The minimum Gasteiger partial charge on any atom is -0.352 e. The molecule has 128 valence electrons. The van der Waals surface area contributed by atoms with Crippen molar-refractivity contribution < 1.29 is 9.59 Å². The van der Waals surface area contributed by atoms with Crippen molar-refractivity contribution in [3.05, 3.63) is 29.3 Å². The third-order valence-corrected chi connectivity index (χ3v) is 4.92. The highest BCUT2D eigenvalue weighted by Crippen LogP contribution is 2.22. The first-order chi connectivity index (χ1) is 11.5. The Morgan fingerprint density at radius 3 is 2.71 bits per heavy atom. The molecule has 1 N–H and O–H groups in total. The molecule has 1 heterocycles. The Bertz CT molecular complexity index is 708. The Balaban J connectivity index is 1.49. The number of amides is 2. The molecule has 1 aliphatic carbocycles. The largest absolute Gasteiger partial charge is 0.352 e. The maximum Gasteiger partial charge on any atom is 0.236 e. The van der Waals surface area contributed by atoms with Crippen molar-refractivity contribution in [1.29, 1.82) is 0 Å². The maximum atomic E-state index is 12.3. The van der Waals surface area contributed by atoms with Gasteiger partial charge in [0.1, 0.15) is 5.01 Å². The van der Waals surface area contributed by atoms with Crippen molar-refractivity contribution in [2.24, 2.45) is 0 Å². The fourth-order valence-corrected chi connectivity index (χ4v) is 3.45. The molecule has 1 saturated carbocycles. The monoisotopic (exact) mass is 346 g/mol. The first kappa shape index (κ1) is 16.9. The summed E-state index contributed by atoms with van der Waals surface area (Å²) in [6.45, 7) is 0.955. The van der Waals surface area contributed by atoms with Crippen molar-refractivity contribution in [2.75, 3.05) is 27.2 Å². The average molecular weight is 346 g/mol. The van der Waals surface area contributed by atoms with Gasteiger partial charge in [0.25, 0.3) is 0 Å². The minimum absolute atomic E-state index is 0.0124. The third-order valence-electron chi connectivity index (χ3n) is 3.90. The van der Waals surface area contributed by atoms with E-state index in [0.29, 0.717) is 12.6 Å². The second-order valence-corrected chi connectivity index (χ2v) is 7.45. The molecule has 0 spiro atoms. The molecule has 2 aromatic rings. The van der Waals surface area contributed by atoms with E-state index in [0.717, 1.165) is 28.1 Å². The number of fused-ring (bicyclic) bond motifs is 1. The van der Waals surface area contributed by atoms with Gasteiger partial charge in [-0.3, -0.25) is 14.5 Å². The van der Waals surface area contributed by atoms with E-state index in [1.54, 1.807) is 35.2 Å². The van der Waals surface area contributed by atoms with Gasteiger partial charge in [0, 0.05) is 13.1 Å². The topological polar surface area (TPSA) is 65.5 Å². The van der Waals surface area contributed by atoms with Crippen molar-refractivity contribution in [3.63, 3.8) is 0 Å². The SMILES string of the molecule is CN(CC(=O)NC1CC1)CC(=O)N(C)Cc1nc2ccccc2s1. The highest BCUT2D eigenvalue weighted by Gasteiger charge is 2.24. The van der Waals surface area contributed by atoms with Crippen LogP contribution in [0.1, 0.15) is 17.8 Å². The van der Waals surface area contributed by atoms with Gasteiger partial charge in [-0.25, -0.2) is 4.98 Å². The predicted octanol–water partition coefficient (Wildman–Crippen LogP) is 1.47. The molecule has 0 bridgehead atoms. The Labute approximate surface area is 145 Å². The number of carbonyl (C=O) groups excluding carboxylic acids is 2. The molecule has 1 aliphatic rings. The molecule has 0 atom stereocenters. The van der Waals surface area contributed by atoms with E-state index in [-0.39, 0.29) is 24.9 Å². The summed E-state index contributed by atoms with van der Waals surface area (Å²) in [4.78, 5) is 32.0. The number of nitrogens with zero attached hydrogens (tertiary/aromatic N) is 3. The average Bonchev–Trinajstić information content (AvgIpc) is 3.23. The zero-order valence-corrected chi connectivity index (χ0v) is 14.8. The molecular formula is C17H22N4O2S. The molecule has 0 unspecified atom stereocenters. The number of thiazole rings is 1. The number of hydrogen-bond donors (Lipinski definition) is 1. The number of rotatable bonds is 7. The van der Waals surface area contributed by atoms with Crippen LogP contribution in [-0.2, 0) is 16.1 Å². The molecular weight excluding hydrogens is 324 g/mol. The third kappa shape index (κ3) is 4.52. The lowest BCUT2D eigenvalue weighted by Gasteiger charge is -2.20. The quantitative estimate of drug-likeness (QED) is 0.824. The van der Waals surface area contributed by atoms with E-state index in [9.17, 15) is 9.59 Å². The van der Waals surface area contributed by atoms with Gasteiger partial charge < -0.3 is 10.2 Å². The summed E-state index contributed by atoms with van der Waals surface area (Å²) in [7, 11) is 3.56. The number of aromatic nitrogens is 1. The van der Waals surface area contributed by atoms with Crippen LogP contribution in [0.5, 0.6) is 0 Å². The molecule has 0 saturated heterocycles. The van der Waals surface area contributed by atoms with Gasteiger partial charge in [-0.15, -0.1) is 11.3 Å². The van der Waals surface area contributed by atoms with Gasteiger partial charge in [-0.2, -0.15) is 0 Å². The lowest BCUT2D eigenvalue weighted by atomic mass is 10.3. The molecule has 24 heavy (non-hydrogen) atoms. The Kier molecular flexibility index (Phi) is 5.11. The van der Waals surface area contributed by atoms with E-state index in [2.05, 4.69) is 10.3 Å². The van der Waals surface area contributed by atoms with E-state index in [1.165, 1.54) is 0 Å². The second kappa shape index (κ2) is 7.27. The number of likely N-dealkylation sites (N-methyl/N-ethyl adjacent to an activating group) is 2. The summed E-state index contributed by atoms with van der Waals surface area (Å²) in [6.07, 6.45) is 2.14. The lowest BCUT2D eigenvalue weighted by Crippen LogP contribution is -2.41. The molecule has 1 aromatic heterocycles. The fraction of sp³-hybridized carbons (Fsp3) is 0.471. The minimum atomic E-state index is -0.0176. The molecule has 2 amide bonds. The van der Waals surface area contributed by atoms with Gasteiger partial charge in [-0.05, 0) is 32.0 Å². The van der Waals surface area contributed by atoms with E-state index < -0.39 is 0 Å². The second-order valence-electron chi connectivity index (χ2n) is 6.34. The summed E-state index contributed by atoms with van der Waals surface area (Å²) in [5, 5.41) is 3.85. The van der Waals surface area contributed by atoms with Gasteiger partial charge >= 0.3 is 0 Å². The zero-order valence-electron chi connectivity index (χ0n) is 14.0. The summed E-state index contributed by atoms with van der Waals surface area (Å²) in [5.74, 6) is -0.0300. The van der Waals surface area contributed by atoms with E-state index >= 15 is 0 Å². The molecule has 0 aliphatic heterocycles. The molecule has 3 rings (SSSR count). The summed E-state index contributed by atoms with van der Waals surface area (Å²) >= 11 is 1.60. The first-order valence-corrected chi connectivity index (χ1v) is 8.89. The van der Waals surface area contributed by atoms with E-state index in [4.69, 9.17) is 0 Å². The summed E-state index contributed by atoms with van der Waals surface area (Å²) in [5.41, 5.74) is 0.965. The Morgan fingerprint density at radius 1 is 1.25 bits per heavy atom. The van der Waals surface area contributed by atoms with Crippen LogP contribution in [0, 0.1) is 0 Å². The van der Waals surface area contributed by atoms with Crippen LogP contribution in [-0.4, -0.2) is 59.8 Å². The van der Waals surface area contributed by atoms with Crippen molar-refractivity contribution in [1.82, 2.24) is 20.1 Å². The van der Waals surface area contributed by atoms with Crippen LogP contribution in [0.15, 0.2) is 24.3 Å². The highest BCUT2D eigenvalue weighted by atomic mass is 32.1. The van der Waals surface area contributed by atoms with Crippen LogP contribution in [0.3, 0.4) is 0 Å². The van der Waals surface area contributed by atoms with Crippen molar-refractivity contribution in [3.8, 4) is 0 Å². The Hall–Kier alpha value is -1.99. The molecule has 7 heteroatoms. The molecule has 1 fully saturated rings. The Morgan fingerprint density at radius 2 is 2.00 bits per heavy atom. The number of benzene rings is 1. The van der Waals surface area contributed by atoms with Crippen LogP contribution < -0.4 is 5.32 Å². The molecule has 0 radical (unpaired) electrons. The highest BCUT2D eigenvalue weighted by molar-refractivity contribution is 7.18. The molecule has 6 nitrogen and oxygen atoms in total. The van der Waals surface area contributed by atoms with Gasteiger partial charge in [0.2, 0.25) is 11.8 Å². The van der Waals surface area contributed by atoms with E-state index in [1.807, 2.05) is 24.3 Å². The number of hydrogen-bond acceptors (Lipinski definition) is 5. The van der Waals surface area contributed by atoms with Crippen LogP contribution in [0.4, 0.5) is 0 Å². The van der Waals surface area contributed by atoms with Crippen molar-refractivity contribution in [2.45, 2.75) is 25.4 Å². The smallest absolute Gasteiger partial charge is 0.236 e. The summed E-state index contributed by atoms with van der Waals surface area (Å²) in [6, 6.07) is 8.31. The summed E-state index contributed by atoms with van der Waals surface area (Å²) < 4.78 is 1.13. The lowest BCUT2D eigenvalue weighted by molar-refractivity contribution is -0.132. The molecule has 1 aromatic carbocycles. The normalized spacial score (nSPS) is 14.1. The van der Waals surface area contributed by atoms with Gasteiger partial charge in [0.15, 0.2) is 0 Å². The van der Waals surface area contributed by atoms with Gasteiger partial charge in [-0.1, -0.05) is 12.1 Å². The van der Waals surface area contributed by atoms with Gasteiger partial charge in [0.05, 0.1) is 29.9 Å². The zero-order chi connectivity index (χ0) is 17.1. The number of nitrogens with one attached hydrogen (secondary N) is 1. The number of carbonyl (C=O) groups is 2.